The van der Waals surface area contributed by atoms with E-state index in [1.165, 1.54) is 10.7 Å². The van der Waals surface area contributed by atoms with Crippen LogP contribution in [0.5, 0.6) is 0 Å². The summed E-state index contributed by atoms with van der Waals surface area (Å²) in [6.07, 6.45) is 0.305. The van der Waals surface area contributed by atoms with Gasteiger partial charge in [0.2, 0.25) is 5.91 Å². The van der Waals surface area contributed by atoms with Crippen molar-refractivity contribution < 1.29 is 4.79 Å². The van der Waals surface area contributed by atoms with Crippen LogP contribution in [0.1, 0.15) is 5.56 Å². The van der Waals surface area contributed by atoms with E-state index in [1.807, 2.05) is 54.6 Å². The van der Waals surface area contributed by atoms with E-state index in [9.17, 15) is 9.59 Å². The summed E-state index contributed by atoms with van der Waals surface area (Å²) in [6, 6.07) is 20.5. The van der Waals surface area contributed by atoms with E-state index in [1.54, 1.807) is 6.07 Å². The van der Waals surface area contributed by atoms with Crippen LogP contribution in [0.2, 0.25) is 0 Å². The Morgan fingerprint density at radius 2 is 1.73 bits per heavy atom. The van der Waals surface area contributed by atoms with Crippen LogP contribution in [0.4, 0.5) is 0 Å². The van der Waals surface area contributed by atoms with Gasteiger partial charge in [0.1, 0.15) is 0 Å². The van der Waals surface area contributed by atoms with Crippen LogP contribution >= 0.6 is 15.9 Å². The van der Waals surface area contributed by atoms with Crippen LogP contribution in [0.3, 0.4) is 0 Å². The number of halogens is 1. The summed E-state index contributed by atoms with van der Waals surface area (Å²) in [5.41, 5.74) is 2.42. The predicted octanol–water partition coefficient (Wildman–Crippen LogP) is 3.03. The minimum Gasteiger partial charge on any atom is -0.354 e. The maximum absolute atomic E-state index is 12.0. The third kappa shape index (κ3) is 4.89. The number of rotatable bonds is 6. The number of carbonyl (C=O) groups excluding carboxylic acids is 1. The molecule has 1 amide bonds. The van der Waals surface area contributed by atoms with Crippen molar-refractivity contribution in [3.8, 4) is 11.3 Å². The highest BCUT2D eigenvalue weighted by Crippen LogP contribution is 2.14. The van der Waals surface area contributed by atoms with E-state index >= 15 is 0 Å². The molecule has 0 saturated carbocycles. The smallest absolute Gasteiger partial charge is 0.266 e. The predicted molar refractivity (Wildman–Crippen MR) is 105 cm³/mol. The maximum atomic E-state index is 12.0. The lowest BCUT2D eigenvalue weighted by Gasteiger charge is -2.09. The standard InChI is InChI=1S/C20H18BrN3O2/c21-17-8-6-15(7-9-17)14-19(25)22-12-13-24-20(26)11-10-18(23-24)16-4-2-1-3-5-16/h1-11H,12-14H2,(H,22,25). The fourth-order valence-electron chi connectivity index (χ4n) is 2.52. The number of amides is 1. The zero-order valence-electron chi connectivity index (χ0n) is 14.1. The minimum atomic E-state index is -0.188. The summed E-state index contributed by atoms with van der Waals surface area (Å²) in [4.78, 5) is 24.0. The third-order valence-corrected chi connectivity index (χ3v) is 4.39. The van der Waals surface area contributed by atoms with Crippen LogP contribution < -0.4 is 10.9 Å². The summed E-state index contributed by atoms with van der Waals surface area (Å²) >= 11 is 3.37. The lowest BCUT2D eigenvalue weighted by atomic mass is 10.1. The Bertz CT molecular complexity index is 937. The van der Waals surface area contributed by atoms with E-state index in [4.69, 9.17) is 0 Å². The molecule has 0 aliphatic rings. The summed E-state index contributed by atoms with van der Waals surface area (Å²) in [5.74, 6) is -0.0837. The Hall–Kier alpha value is -2.73. The van der Waals surface area contributed by atoms with Gasteiger partial charge in [0.15, 0.2) is 0 Å². The number of nitrogens with one attached hydrogen (secondary N) is 1. The monoisotopic (exact) mass is 411 g/mol. The lowest BCUT2D eigenvalue weighted by Crippen LogP contribution is -2.32. The quantitative estimate of drug-likeness (QED) is 0.677. The Morgan fingerprint density at radius 1 is 1.00 bits per heavy atom. The summed E-state index contributed by atoms with van der Waals surface area (Å²) in [6.45, 7) is 0.673. The van der Waals surface area contributed by atoms with E-state index in [2.05, 4.69) is 26.3 Å². The molecule has 1 aromatic heterocycles. The average Bonchev–Trinajstić information content (AvgIpc) is 2.66. The van der Waals surface area contributed by atoms with Crippen LogP contribution in [0.25, 0.3) is 11.3 Å². The van der Waals surface area contributed by atoms with Gasteiger partial charge in [0, 0.05) is 22.6 Å². The zero-order chi connectivity index (χ0) is 18.4. The van der Waals surface area contributed by atoms with Crippen molar-refractivity contribution in [3.05, 3.63) is 87.1 Å². The van der Waals surface area contributed by atoms with Crippen molar-refractivity contribution in [1.82, 2.24) is 15.1 Å². The van der Waals surface area contributed by atoms with Gasteiger partial charge in [0.25, 0.3) is 5.56 Å². The van der Waals surface area contributed by atoms with Gasteiger partial charge in [-0.3, -0.25) is 9.59 Å². The van der Waals surface area contributed by atoms with Gasteiger partial charge in [-0.1, -0.05) is 58.4 Å². The third-order valence-electron chi connectivity index (χ3n) is 3.86. The first-order chi connectivity index (χ1) is 12.6. The molecule has 1 heterocycles. The van der Waals surface area contributed by atoms with E-state index in [-0.39, 0.29) is 11.5 Å². The average molecular weight is 412 g/mol. The first kappa shape index (κ1) is 18.1. The second-order valence-electron chi connectivity index (χ2n) is 5.80. The molecule has 6 heteroatoms. The number of aromatic nitrogens is 2. The van der Waals surface area contributed by atoms with E-state index < -0.39 is 0 Å². The highest BCUT2D eigenvalue weighted by molar-refractivity contribution is 9.10. The van der Waals surface area contributed by atoms with Gasteiger partial charge in [-0.25, -0.2) is 4.68 Å². The lowest BCUT2D eigenvalue weighted by molar-refractivity contribution is -0.120. The molecule has 0 saturated heterocycles. The fourth-order valence-corrected chi connectivity index (χ4v) is 2.79. The summed E-state index contributed by atoms with van der Waals surface area (Å²) in [5, 5.41) is 7.21. The minimum absolute atomic E-state index is 0.0837. The first-order valence-electron chi connectivity index (χ1n) is 8.26. The fraction of sp³-hybridized carbons (Fsp3) is 0.150. The van der Waals surface area contributed by atoms with Crippen molar-refractivity contribution >= 4 is 21.8 Å². The van der Waals surface area contributed by atoms with Gasteiger partial charge in [-0.2, -0.15) is 5.10 Å². The number of benzene rings is 2. The molecule has 2 aromatic carbocycles. The molecule has 0 atom stereocenters. The maximum Gasteiger partial charge on any atom is 0.266 e. The topological polar surface area (TPSA) is 64.0 Å². The molecule has 0 unspecified atom stereocenters. The SMILES string of the molecule is O=C(Cc1ccc(Br)cc1)NCCn1nc(-c2ccccc2)ccc1=O. The molecule has 3 aromatic rings. The van der Waals surface area contributed by atoms with Crippen LogP contribution in [-0.2, 0) is 17.8 Å². The second kappa shape index (κ2) is 8.58. The molecule has 26 heavy (non-hydrogen) atoms. The first-order valence-corrected chi connectivity index (χ1v) is 9.06. The highest BCUT2D eigenvalue weighted by atomic mass is 79.9. The normalized spacial score (nSPS) is 10.5. The summed E-state index contributed by atoms with van der Waals surface area (Å²) < 4.78 is 2.35. The van der Waals surface area contributed by atoms with Crippen LogP contribution in [0, 0.1) is 0 Å². The summed E-state index contributed by atoms with van der Waals surface area (Å²) in [7, 11) is 0. The van der Waals surface area contributed by atoms with E-state index in [0.717, 1.165) is 21.3 Å². The molecule has 132 valence electrons. The Balaban J connectivity index is 1.58. The highest BCUT2D eigenvalue weighted by Gasteiger charge is 2.05. The second-order valence-corrected chi connectivity index (χ2v) is 6.71. The molecule has 3 rings (SSSR count). The van der Waals surface area contributed by atoms with Crippen LogP contribution in [0.15, 0.2) is 76.0 Å². The molecular weight excluding hydrogens is 394 g/mol. The molecule has 0 aliphatic carbocycles. The van der Waals surface area contributed by atoms with Crippen molar-refractivity contribution in [1.29, 1.82) is 0 Å². The van der Waals surface area contributed by atoms with Gasteiger partial charge in [-0.05, 0) is 23.8 Å². The van der Waals surface area contributed by atoms with Crippen LogP contribution in [-0.4, -0.2) is 22.2 Å². The van der Waals surface area contributed by atoms with E-state index in [0.29, 0.717) is 19.5 Å². The molecule has 0 fully saturated rings. The number of hydrogen-bond acceptors (Lipinski definition) is 3. The van der Waals surface area contributed by atoms with Crippen molar-refractivity contribution in [2.45, 2.75) is 13.0 Å². The molecule has 0 aliphatic heterocycles. The molecular formula is C20H18BrN3O2. The molecule has 0 spiro atoms. The Morgan fingerprint density at radius 3 is 2.46 bits per heavy atom. The number of hydrogen-bond donors (Lipinski definition) is 1. The molecule has 0 bridgehead atoms. The molecule has 5 nitrogen and oxygen atoms in total. The molecule has 0 radical (unpaired) electrons. The van der Waals surface area contributed by atoms with Crippen molar-refractivity contribution in [3.63, 3.8) is 0 Å². The van der Waals surface area contributed by atoms with Gasteiger partial charge in [-0.15, -0.1) is 0 Å². The van der Waals surface area contributed by atoms with Crippen molar-refractivity contribution in [2.24, 2.45) is 0 Å². The Labute approximate surface area is 159 Å². The number of nitrogens with zero attached hydrogens (tertiary/aromatic N) is 2. The van der Waals surface area contributed by atoms with Crippen molar-refractivity contribution in [2.75, 3.05) is 6.54 Å². The van der Waals surface area contributed by atoms with Gasteiger partial charge in [0.05, 0.1) is 18.7 Å². The Kier molecular flexibility index (Phi) is 5.96. The van der Waals surface area contributed by atoms with Gasteiger partial charge >= 0.3 is 0 Å². The number of carbonyl (C=O) groups is 1. The van der Waals surface area contributed by atoms with Gasteiger partial charge < -0.3 is 5.32 Å². The zero-order valence-corrected chi connectivity index (χ0v) is 15.6. The largest absolute Gasteiger partial charge is 0.354 e. The molecule has 1 N–H and O–H groups in total.